The summed E-state index contributed by atoms with van der Waals surface area (Å²) in [5, 5.41) is 0. The van der Waals surface area contributed by atoms with Gasteiger partial charge in [0.2, 0.25) is 0 Å². The molecule has 0 aliphatic heterocycles. The maximum absolute atomic E-state index is 11.5. The van der Waals surface area contributed by atoms with Crippen LogP contribution >= 0.6 is 38.9 Å². The minimum absolute atomic E-state index is 0.266. The van der Waals surface area contributed by atoms with Crippen molar-refractivity contribution in [3.05, 3.63) is 49.6 Å². The van der Waals surface area contributed by atoms with E-state index in [1.807, 2.05) is 6.07 Å². The van der Waals surface area contributed by atoms with Crippen molar-refractivity contribution in [3.63, 3.8) is 0 Å². The second-order valence-electron chi connectivity index (χ2n) is 4.09. The highest BCUT2D eigenvalue weighted by molar-refractivity contribution is 9.10. The van der Waals surface area contributed by atoms with E-state index in [1.165, 1.54) is 17.6 Å². The molecule has 0 fully saturated rings. The second-order valence-corrected chi connectivity index (χ2v) is 8.65. The van der Waals surface area contributed by atoms with Crippen molar-refractivity contribution in [2.45, 2.75) is 10.9 Å². The zero-order valence-corrected chi connectivity index (χ0v) is 13.9. The Morgan fingerprint density at radius 2 is 2.05 bits per heavy atom. The van der Waals surface area contributed by atoms with E-state index in [1.54, 1.807) is 24.3 Å². The number of sulfone groups is 1. The summed E-state index contributed by atoms with van der Waals surface area (Å²) in [4.78, 5) is 1.14. The lowest BCUT2D eigenvalue weighted by Crippen LogP contribution is -2.11. The van der Waals surface area contributed by atoms with Crippen molar-refractivity contribution in [1.29, 1.82) is 0 Å². The van der Waals surface area contributed by atoms with Crippen LogP contribution in [-0.2, 0) is 9.84 Å². The van der Waals surface area contributed by atoms with Crippen LogP contribution in [0.25, 0.3) is 0 Å². The van der Waals surface area contributed by atoms with Crippen molar-refractivity contribution >= 4 is 48.7 Å². The van der Waals surface area contributed by atoms with E-state index in [4.69, 9.17) is 17.3 Å². The molecule has 7 heteroatoms. The molecule has 0 spiro atoms. The van der Waals surface area contributed by atoms with Crippen LogP contribution in [0.4, 0.5) is 0 Å². The molecular weight excluding hydrogens is 370 g/mol. The van der Waals surface area contributed by atoms with E-state index in [0.717, 1.165) is 14.9 Å². The van der Waals surface area contributed by atoms with Crippen molar-refractivity contribution in [2.24, 2.45) is 5.73 Å². The van der Waals surface area contributed by atoms with E-state index < -0.39 is 15.9 Å². The van der Waals surface area contributed by atoms with Crippen LogP contribution in [0.5, 0.6) is 0 Å². The molecule has 1 aromatic heterocycles. The standard InChI is InChI=1S/C12H11BrClNO2S2/c1-19(16,17)8-4-2-3-7(5-8)11(15)10-6-9(13)12(14)18-10/h2-6,11H,15H2,1H3. The van der Waals surface area contributed by atoms with Gasteiger partial charge in [0, 0.05) is 15.6 Å². The van der Waals surface area contributed by atoms with Crippen LogP contribution in [0.15, 0.2) is 39.7 Å². The molecule has 0 aliphatic carbocycles. The molecule has 0 amide bonds. The first-order valence-electron chi connectivity index (χ1n) is 5.29. The average Bonchev–Trinajstić information content (AvgIpc) is 2.68. The Labute approximate surface area is 129 Å². The summed E-state index contributed by atoms with van der Waals surface area (Å²) < 4.78 is 24.5. The van der Waals surface area contributed by atoms with Crippen molar-refractivity contribution in [2.75, 3.05) is 6.26 Å². The van der Waals surface area contributed by atoms with Gasteiger partial charge in [0.1, 0.15) is 4.34 Å². The Morgan fingerprint density at radius 1 is 1.37 bits per heavy atom. The topological polar surface area (TPSA) is 60.2 Å². The van der Waals surface area contributed by atoms with Gasteiger partial charge in [-0.2, -0.15) is 0 Å². The fourth-order valence-electron chi connectivity index (χ4n) is 1.62. The Morgan fingerprint density at radius 3 is 2.58 bits per heavy atom. The Hall–Kier alpha value is -0.400. The summed E-state index contributed by atoms with van der Waals surface area (Å²) in [5.41, 5.74) is 6.89. The molecule has 0 saturated heterocycles. The fraction of sp³-hybridized carbons (Fsp3) is 0.167. The predicted octanol–water partition coefficient (Wildman–Crippen LogP) is 3.62. The number of benzene rings is 1. The molecule has 102 valence electrons. The van der Waals surface area contributed by atoms with E-state index in [2.05, 4.69) is 15.9 Å². The third kappa shape index (κ3) is 3.38. The zero-order chi connectivity index (χ0) is 14.2. The number of hydrogen-bond donors (Lipinski definition) is 1. The molecule has 0 saturated carbocycles. The van der Waals surface area contributed by atoms with Crippen LogP contribution < -0.4 is 5.73 Å². The molecular formula is C12H11BrClNO2S2. The molecule has 2 rings (SSSR count). The van der Waals surface area contributed by atoms with Gasteiger partial charge in [-0.15, -0.1) is 11.3 Å². The maximum Gasteiger partial charge on any atom is 0.175 e. The van der Waals surface area contributed by atoms with Gasteiger partial charge < -0.3 is 5.73 Å². The highest BCUT2D eigenvalue weighted by Crippen LogP contribution is 2.36. The van der Waals surface area contributed by atoms with Crippen molar-refractivity contribution < 1.29 is 8.42 Å². The Balaban J connectivity index is 2.42. The predicted molar refractivity (Wildman–Crippen MR) is 82.6 cm³/mol. The molecule has 19 heavy (non-hydrogen) atoms. The average molecular weight is 381 g/mol. The third-order valence-corrected chi connectivity index (χ3v) is 6.28. The summed E-state index contributed by atoms with van der Waals surface area (Å²) in [5.74, 6) is 0. The first kappa shape index (κ1) is 15.0. The third-order valence-electron chi connectivity index (χ3n) is 2.62. The highest BCUT2D eigenvalue weighted by Gasteiger charge is 2.16. The van der Waals surface area contributed by atoms with Crippen molar-refractivity contribution in [1.82, 2.24) is 0 Å². The highest BCUT2D eigenvalue weighted by atomic mass is 79.9. The van der Waals surface area contributed by atoms with Crippen LogP contribution in [-0.4, -0.2) is 14.7 Å². The largest absolute Gasteiger partial charge is 0.320 e. The minimum atomic E-state index is -3.23. The maximum atomic E-state index is 11.5. The van der Waals surface area contributed by atoms with E-state index >= 15 is 0 Å². The normalized spacial score (nSPS) is 13.5. The summed E-state index contributed by atoms with van der Waals surface area (Å²) >= 11 is 10.7. The summed E-state index contributed by atoms with van der Waals surface area (Å²) in [6, 6.07) is 8.11. The molecule has 2 N–H and O–H groups in total. The number of rotatable bonds is 3. The lowest BCUT2D eigenvalue weighted by molar-refractivity contribution is 0.601. The van der Waals surface area contributed by atoms with E-state index in [0.29, 0.717) is 4.34 Å². The lowest BCUT2D eigenvalue weighted by Gasteiger charge is -2.11. The SMILES string of the molecule is CS(=O)(=O)c1cccc(C(N)c2cc(Br)c(Cl)s2)c1. The minimum Gasteiger partial charge on any atom is -0.320 e. The van der Waals surface area contributed by atoms with Gasteiger partial charge in [-0.05, 0) is 39.7 Å². The van der Waals surface area contributed by atoms with Crippen LogP contribution in [0.3, 0.4) is 0 Å². The molecule has 0 aliphatic rings. The lowest BCUT2D eigenvalue weighted by atomic mass is 10.1. The molecule has 1 unspecified atom stereocenters. The molecule has 1 aromatic carbocycles. The Bertz CT molecular complexity index is 693. The molecule has 0 bridgehead atoms. The molecule has 0 radical (unpaired) electrons. The van der Waals surface area contributed by atoms with Gasteiger partial charge >= 0.3 is 0 Å². The van der Waals surface area contributed by atoms with Crippen LogP contribution in [0, 0.1) is 0 Å². The monoisotopic (exact) mass is 379 g/mol. The molecule has 1 atom stereocenters. The number of hydrogen-bond acceptors (Lipinski definition) is 4. The van der Waals surface area contributed by atoms with Crippen LogP contribution in [0.2, 0.25) is 4.34 Å². The van der Waals surface area contributed by atoms with Crippen molar-refractivity contribution in [3.8, 4) is 0 Å². The first-order valence-corrected chi connectivity index (χ1v) is 9.17. The van der Waals surface area contributed by atoms with Gasteiger partial charge in [0.25, 0.3) is 0 Å². The van der Waals surface area contributed by atoms with Gasteiger partial charge in [-0.3, -0.25) is 0 Å². The number of halogens is 2. The quantitative estimate of drug-likeness (QED) is 0.884. The van der Waals surface area contributed by atoms with Gasteiger partial charge in [-0.1, -0.05) is 23.7 Å². The summed E-state index contributed by atoms with van der Waals surface area (Å²) in [6.07, 6.45) is 1.18. The van der Waals surface area contributed by atoms with Gasteiger partial charge in [0.15, 0.2) is 9.84 Å². The number of nitrogens with two attached hydrogens (primary N) is 1. The van der Waals surface area contributed by atoms with Crippen LogP contribution in [0.1, 0.15) is 16.5 Å². The fourth-order valence-corrected chi connectivity index (χ4v) is 4.06. The Kier molecular flexibility index (Phi) is 4.37. The smallest absolute Gasteiger partial charge is 0.175 e. The second kappa shape index (κ2) is 5.54. The molecule has 3 nitrogen and oxygen atoms in total. The first-order chi connectivity index (χ1) is 8.79. The number of thiophene rings is 1. The van der Waals surface area contributed by atoms with Gasteiger partial charge in [-0.25, -0.2) is 8.42 Å². The summed E-state index contributed by atoms with van der Waals surface area (Å²) in [7, 11) is -3.23. The summed E-state index contributed by atoms with van der Waals surface area (Å²) in [6.45, 7) is 0. The molecule has 2 aromatic rings. The van der Waals surface area contributed by atoms with Gasteiger partial charge in [0.05, 0.1) is 10.9 Å². The zero-order valence-electron chi connectivity index (χ0n) is 9.93. The van der Waals surface area contributed by atoms with E-state index in [-0.39, 0.29) is 4.90 Å². The van der Waals surface area contributed by atoms with E-state index in [9.17, 15) is 8.42 Å². The molecule has 1 heterocycles.